The van der Waals surface area contributed by atoms with Crippen molar-refractivity contribution < 1.29 is 22.7 Å². The third-order valence-corrected chi connectivity index (χ3v) is 9.27. The molecule has 3 aromatic rings. The summed E-state index contributed by atoms with van der Waals surface area (Å²) in [6.07, 6.45) is 0.691. The fourth-order valence-corrected chi connectivity index (χ4v) is 5.90. The number of benzene rings is 3. The summed E-state index contributed by atoms with van der Waals surface area (Å²) in [6, 6.07) is 16.0. The van der Waals surface area contributed by atoms with Gasteiger partial charge in [0.25, 0.3) is 10.0 Å². The molecule has 2 amide bonds. The molecule has 0 spiro atoms. The Balaban J connectivity index is 2.10. The number of rotatable bonds is 12. The quantitative estimate of drug-likeness (QED) is 0.255. The van der Waals surface area contributed by atoms with Crippen molar-refractivity contribution >= 4 is 62.3 Å². The van der Waals surface area contributed by atoms with Crippen molar-refractivity contribution in [2.45, 2.75) is 50.7 Å². The summed E-state index contributed by atoms with van der Waals surface area (Å²) in [5.74, 6) is -0.824. The lowest BCUT2D eigenvalue weighted by Crippen LogP contribution is -2.52. The van der Waals surface area contributed by atoms with Crippen LogP contribution >= 0.6 is 34.8 Å². The molecule has 0 saturated heterocycles. The van der Waals surface area contributed by atoms with Crippen molar-refractivity contribution in [3.8, 4) is 5.75 Å². The van der Waals surface area contributed by atoms with E-state index in [-0.39, 0.29) is 44.9 Å². The summed E-state index contributed by atoms with van der Waals surface area (Å²) >= 11 is 18.6. The minimum Gasteiger partial charge on any atom is -0.495 e. The average Bonchev–Trinajstić information content (AvgIpc) is 2.96. The number of methoxy groups -OCH3 is 1. The highest BCUT2D eigenvalue weighted by atomic mass is 35.5. The molecule has 2 atom stereocenters. The van der Waals surface area contributed by atoms with Crippen LogP contribution in [0.25, 0.3) is 0 Å². The van der Waals surface area contributed by atoms with Crippen LogP contribution in [0.4, 0.5) is 5.69 Å². The Hall–Kier alpha value is -2.98. The molecule has 3 aromatic carbocycles. The van der Waals surface area contributed by atoms with E-state index in [2.05, 4.69) is 5.32 Å². The first-order valence-electron chi connectivity index (χ1n) is 12.8. The Morgan fingerprint density at radius 1 is 0.951 bits per heavy atom. The number of ether oxygens (including phenoxy) is 1. The Kier molecular flexibility index (Phi) is 11.3. The van der Waals surface area contributed by atoms with Gasteiger partial charge in [-0.1, -0.05) is 66.0 Å². The summed E-state index contributed by atoms with van der Waals surface area (Å²) in [5, 5.41) is 3.75. The lowest BCUT2D eigenvalue weighted by molar-refractivity contribution is -0.139. The number of nitrogens with zero attached hydrogens (tertiary/aromatic N) is 2. The number of nitrogens with one attached hydrogen (secondary N) is 1. The molecule has 220 valence electrons. The van der Waals surface area contributed by atoms with Crippen LogP contribution in [0.1, 0.15) is 32.8 Å². The van der Waals surface area contributed by atoms with Gasteiger partial charge in [0.1, 0.15) is 18.3 Å². The van der Waals surface area contributed by atoms with Crippen LogP contribution in [-0.2, 0) is 26.2 Å². The zero-order chi connectivity index (χ0) is 30.3. The first-order valence-corrected chi connectivity index (χ1v) is 15.4. The van der Waals surface area contributed by atoms with Crippen LogP contribution in [-0.4, -0.2) is 50.9 Å². The Morgan fingerprint density at radius 3 is 2.24 bits per heavy atom. The third-order valence-electron chi connectivity index (χ3n) is 6.52. The van der Waals surface area contributed by atoms with Crippen molar-refractivity contribution in [3.05, 3.63) is 87.4 Å². The van der Waals surface area contributed by atoms with Crippen LogP contribution in [0.15, 0.2) is 71.6 Å². The van der Waals surface area contributed by atoms with Gasteiger partial charge in [0, 0.05) is 17.6 Å². The lowest BCUT2D eigenvalue weighted by atomic mass is 10.1. The summed E-state index contributed by atoms with van der Waals surface area (Å²) in [7, 11) is -2.89. The molecular weight excluding hydrogens is 609 g/mol. The fourth-order valence-electron chi connectivity index (χ4n) is 3.97. The number of carbonyl (C=O) groups excluding carboxylic acids is 2. The van der Waals surface area contributed by atoms with Gasteiger partial charge in [0.2, 0.25) is 11.8 Å². The van der Waals surface area contributed by atoms with Gasteiger partial charge in [-0.15, -0.1) is 0 Å². The van der Waals surface area contributed by atoms with E-state index in [1.807, 2.05) is 13.8 Å². The normalized spacial score (nSPS) is 12.8. The molecule has 0 bridgehead atoms. The smallest absolute Gasteiger partial charge is 0.264 e. The van der Waals surface area contributed by atoms with Gasteiger partial charge >= 0.3 is 0 Å². The monoisotopic (exact) mass is 639 g/mol. The van der Waals surface area contributed by atoms with Gasteiger partial charge in [-0.25, -0.2) is 8.42 Å². The highest BCUT2D eigenvalue weighted by Gasteiger charge is 2.34. The highest BCUT2D eigenvalue weighted by molar-refractivity contribution is 7.92. The van der Waals surface area contributed by atoms with Crippen LogP contribution in [0.3, 0.4) is 0 Å². The number of sulfonamides is 1. The zero-order valence-electron chi connectivity index (χ0n) is 23.1. The second-order valence-electron chi connectivity index (χ2n) is 9.40. The maximum atomic E-state index is 14.1. The van der Waals surface area contributed by atoms with Crippen molar-refractivity contribution in [1.82, 2.24) is 10.2 Å². The molecule has 8 nitrogen and oxygen atoms in total. The van der Waals surface area contributed by atoms with E-state index in [1.165, 1.54) is 36.3 Å². The van der Waals surface area contributed by atoms with Gasteiger partial charge in [0.15, 0.2) is 0 Å². The van der Waals surface area contributed by atoms with E-state index in [0.717, 1.165) is 4.31 Å². The fraction of sp³-hybridized carbons (Fsp3) is 0.310. The minimum atomic E-state index is -4.28. The zero-order valence-corrected chi connectivity index (χ0v) is 26.2. The van der Waals surface area contributed by atoms with Gasteiger partial charge < -0.3 is 15.0 Å². The largest absolute Gasteiger partial charge is 0.495 e. The second kappa shape index (κ2) is 14.3. The van der Waals surface area contributed by atoms with Crippen LogP contribution in [0.5, 0.6) is 5.75 Å². The van der Waals surface area contributed by atoms with Crippen molar-refractivity contribution in [2.24, 2.45) is 0 Å². The Morgan fingerprint density at radius 2 is 1.63 bits per heavy atom. The molecule has 12 heteroatoms. The van der Waals surface area contributed by atoms with E-state index in [1.54, 1.807) is 49.4 Å². The van der Waals surface area contributed by atoms with Crippen LogP contribution in [0, 0.1) is 0 Å². The number of hydrogen-bond donors (Lipinski definition) is 1. The maximum absolute atomic E-state index is 14.1. The number of halogens is 3. The molecule has 0 heterocycles. The summed E-state index contributed by atoms with van der Waals surface area (Å²) in [4.78, 5) is 28.5. The van der Waals surface area contributed by atoms with Crippen molar-refractivity contribution in [3.63, 3.8) is 0 Å². The molecule has 0 aliphatic rings. The summed E-state index contributed by atoms with van der Waals surface area (Å²) in [5.41, 5.74) is 0.678. The first kappa shape index (κ1) is 32.5. The highest BCUT2D eigenvalue weighted by Crippen LogP contribution is 2.35. The molecule has 0 fully saturated rings. The predicted octanol–water partition coefficient (Wildman–Crippen LogP) is 6.18. The number of carbonyl (C=O) groups is 2. The average molecular weight is 641 g/mol. The number of amides is 2. The summed E-state index contributed by atoms with van der Waals surface area (Å²) in [6.45, 7) is 4.70. The molecular formula is C29H32Cl3N3O5S. The summed E-state index contributed by atoms with van der Waals surface area (Å²) < 4.78 is 34.3. The molecule has 0 aliphatic carbocycles. The van der Waals surface area contributed by atoms with Crippen LogP contribution in [0.2, 0.25) is 15.1 Å². The van der Waals surface area contributed by atoms with Gasteiger partial charge in [0.05, 0.1) is 27.7 Å². The van der Waals surface area contributed by atoms with Crippen molar-refractivity contribution in [2.75, 3.05) is 18.0 Å². The van der Waals surface area contributed by atoms with Gasteiger partial charge in [-0.3, -0.25) is 13.9 Å². The second-order valence-corrected chi connectivity index (χ2v) is 12.5. The van der Waals surface area contributed by atoms with E-state index in [4.69, 9.17) is 39.5 Å². The Bertz CT molecular complexity index is 1490. The molecule has 0 unspecified atom stereocenters. The molecule has 41 heavy (non-hydrogen) atoms. The van der Waals surface area contributed by atoms with E-state index < -0.39 is 28.5 Å². The van der Waals surface area contributed by atoms with Crippen LogP contribution < -0.4 is 14.4 Å². The van der Waals surface area contributed by atoms with Gasteiger partial charge in [-0.05, 0) is 68.3 Å². The molecule has 0 aliphatic heterocycles. The van der Waals surface area contributed by atoms with Crippen molar-refractivity contribution in [1.29, 1.82) is 0 Å². The number of anilines is 1. The molecule has 0 aromatic heterocycles. The van der Waals surface area contributed by atoms with Gasteiger partial charge in [-0.2, -0.15) is 0 Å². The molecule has 3 rings (SSSR count). The Labute approximate surface area is 256 Å². The standard InChI is InChI=1S/C29H32Cl3N3O5S/c1-5-19(2)33-29(37)20(3)34(17-21-11-13-24(31)25(32)15-21)28(36)18-35(26-16-22(30)12-14-27(26)40-4)41(38,39)23-9-7-6-8-10-23/h6-16,19-20H,5,17-18H2,1-4H3,(H,33,37)/t19-,20-/m0/s1. The topological polar surface area (TPSA) is 96.0 Å². The number of hydrogen-bond acceptors (Lipinski definition) is 5. The minimum absolute atomic E-state index is 0.0310. The maximum Gasteiger partial charge on any atom is 0.264 e. The predicted molar refractivity (Wildman–Crippen MR) is 163 cm³/mol. The molecule has 0 radical (unpaired) electrons. The molecule has 0 saturated carbocycles. The SMILES string of the molecule is CC[C@H](C)NC(=O)[C@H](C)N(Cc1ccc(Cl)c(Cl)c1)C(=O)CN(c1cc(Cl)ccc1OC)S(=O)(=O)c1ccccc1. The van der Waals surface area contributed by atoms with E-state index in [9.17, 15) is 18.0 Å². The van der Waals surface area contributed by atoms with E-state index >= 15 is 0 Å². The molecule has 1 N–H and O–H groups in total. The lowest BCUT2D eigenvalue weighted by Gasteiger charge is -2.33. The van der Waals surface area contributed by atoms with E-state index in [0.29, 0.717) is 17.0 Å². The third kappa shape index (κ3) is 8.07. The first-order chi connectivity index (χ1) is 19.4.